The maximum Gasteiger partial charge on any atom is 0.407 e. The van der Waals surface area contributed by atoms with Crippen LogP contribution in [-0.2, 0) is 20.7 Å². The number of nitrogens with one attached hydrogen (secondary N) is 2. The number of methoxy groups -OCH3 is 1. The number of amidine groups is 1. The van der Waals surface area contributed by atoms with E-state index in [4.69, 9.17) is 9.47 Å². The molecule has 1 aliphatic heterocycles. The first-order valence-corrected chi connectivity index (χ1v) is 15.3. The summed E-state index contributed by atoms with van der Waals surface area (Å²) >= 11 is 1.56. The van der Waals surface area contributed by atoms with Gasteiger partial charge < -0.3 is 20.1 Å². The molecule has 1 aliphatic carbocycles. The number of fused-ring (bicyclic) bond motifs is 3. The average molecular weight is 587 g/mol. The number of amides is 1. The standard InChI is InChI=1S/C33H38N4O4S/c1-22(2)29(36-33(39)41-18-28-26-15-9-7-13-24(26)25-14-8-10-16-27(25)28)19-42-32-34-20-37(21-35-32)30(31(38)40-3)17-23-11-5-4-6-12-23/h4-16,22,28-30H,17-21H2,1-3H3,(H,34,35)(H,36,39)/t29-,30+/m1/s1. The molecule has 2 N–H and O–H groups in total. The third-order valence-corrected chi connectivity index (χ3v) is 8.94. The summed E-state index contributed by atoms with van der Waals surface area (Å²) in [6.45, 7) is 5.31. The number of alkyl carbamates (subject to hydrolysis) is 1. The molecule has 220 valence electrons. The molecule has 3 aromatic rings. The number of aliphatic imine (C=N–C) groups is 1. The summed E-state index contributed by atoms with van der Waals surface area (Å²) in [5, 5.41) is 7.19. The Hall–Kier alpha value is -3.82. The zero-order valence-corrected chi connectivity index (χ0v) is 25.1. The lowest BCUT2D eigenvalue weighted by atomic mass is 9.98. The highest BCUT2D eigenvalue weighted by Crippen LogP contribution is 2.44. The van der Waals surface area contributed by atoms with Crippen LogP contribution in [0.3, 0.4) is 0 Å². The fourth-order valence-electron chi connectivity index (χ4n) is 5.43. The Morgan fingerprint density at radius 3 is 2.24 bits per heavy atom. The lowest BCUT2D eigenvalue weighted by Gasteiger charge is -2.32. The van der Waals surface area contributed by atoms with E-state index in [1.165, 1.54) is 29.4 Å². The van der Waals surface area contributed by atoms with Crippen molar-refractivity contribution in [3.8, 4) is 11.1 Å². The van der Waals surface area contributed by atoms with Crippen LogP contribution >= 0.6 is 11.8 Å². The van der Waals surface area contributed by atoms with E-state index >= 15 is 0 Å². The van der Waals surface area contributed by atoms with E-state index in [-0.39, 0.29) is 30.5 Å². The van der Waals surface area contributed by atoms with Gasteiger partial charge in [0.1, 0.15) is 12.6 Å². The van der Waals surface area contributed by atoms with Crippen molar-refractivity contribution in [3.63, 3.8) is 0 Å². The molecule has 9 heteroatoms. The largest absolute Gasteiger partial charge is 0.468 e. The number of rotatable bonds is 10. The quantitative estimate of drug-likeness (QED) is 0.314. The topological polar surface area (TPSA) is 92.3 Å². The zero-order chi connectivity index (χ0) is 29.5. The molecule has 0 fully saturated rings. The molecule has 0 bridgehead atoms. The van der Waals surface area contributed by atoms with Crippen molar-refractivity contribution in [2.45, 2.75) is 38.3 Å². The number of benzene rings is 3. The van der Waals surface area contributed by atoms with Crippen molar-refractivity contribution in [2.75, 3.05) is 32.8 Å². The summed E-state index contributed by atoms with van der Waals surface area (Å²) in [6.07, 6.45) is 0.134. The van der Waals surface area contributed by atoms with E-state index in [2.05, 4.69) is 53.7 Å². The van der Waals surface area contributed by atoms with E-state index in [9.17, 15) is 9.59 Å². The molecule has 3 aromatic carbocycles. The molecule has 0 radical (unpaired) electrons. The number of esters is 1. The molecule has 2 aliphatic rings. The molecule has 0 spiro atoms. The van der Waals surface area contributed by atoms with Crippen LogP contribution in [0.1, 0.15) is 36.5 Å². The van der Waals surface area contributed by atoms with Crippen LogP contribution < -0.4 is 10.6 Å². The summed E-state index contributed by atoms with van der Waals surface area (Å²) in [5.74, 6) is 0.583. The van der Waals surface area contributed by atoms with E-state index < -0.39 is 12.1 Å². The van der Waals surface area contributed by atoms with Gasteiger partial charge in [0, 0.05) is 17.7 Å². The molecule has 42 heavy (non-hydrogen) atoms. The Labute approximate surface area is 251 Å². The molecule has 8 nitrogen and oxygen atoms in total. The van der Waals surface area contributed by atoms with Crippen LogP contribution in [0.2, 0.25) is 0 Å². The summed E-state index contributed by atoms with van der Waals surface area (Å²) in [4.78, 5) is 32.1. The second-order valence-electron chi connectivity index (χ2n) is 10.9. The molecule has 5 rings (SSSR count). The number of thioether (sulfide) groups is 1. The lowest BCUT2D eigenvalue weighted by molar-refractivity contribution is -0.147. The maximum atomic E-state index is 12.9. The highest BCUT2D eigenvalue weighted by Gasteiger charge is 2.31. The first kappa shape index (κ1) is 29.7. The monoisotopic (exact) mass is 586 g/mol. The van der Waals surface area contributed by atoms with Gasteiger partial charge in [-0.05, 0) is 40.2 Å². The van der Waals surface area contributed by atoms with Gasteiger partial charge in [-0.15, -0.1) is 0 Å². The van der Waals surface area contributed by atoms with Crippen LogP contribution in [0.4, 0.5) is 4.79 Å². The van der Waals surface area contributed by atoms with Gasteiger partial charge in [-0.3, -0.25) is 9.69 Å². The fourth-order valence-corrected chi connectivity index (χ4v) is 6.55. The third-order valence-electron chi connectivity index (χ3n) is 7.87. The van der Waals surface area contributed by atoms with Crippen molar-refractivity contribution in [1.29, 1.82) is 0 Å². The lowest BCUT2D eigenvalue weighted by Crippen LogP contribution is -2.51. The molecule has 0 saturated carbocycles. The Kier molecular flexibility index (Phi) is 9.81. The summed E-state index contributed by atoms with van der Waals surface area (Å²) < 4.78 is 10.9. The molecule has 1 heterocycles. The Morgan fingerprint density at radius 1 is 1.00 bits per heavy atom. The second-order valence-corrected chi connectivity index (χ2v) is 11.9. The van der Waals surface area contributed by atoms with E-state index in [0.717, 1.165) is 10.7 Å². The third kappa shape index (κ3) is 6.97. The Bertz CT molecular complexity index is 1370. The normalized spacial score (nSPS) is 16.0. The Balaban J connectivity index is 1.13. The van der Waals surface area contributed by atoms with Gasteiger partial charge in [0.2, 0.25) is 0 Å². The number of hydrogen-bond acceptors (Lipinski definition) is 8. The predicted octanol–water partition coefficient (Wildman–Crippen LogP) is 5.24. The van der Waals surface area contributed by atoms with Crippen molar-refractivity contribution in [3.05, 3.63) is 95.6 Å². The van der Waals surface area contributed by atoms with Crippen molar-refractivity contribution >= 4 is 29.0 Å². The van der Waals surface area contributed by atoms with Crippen LogP contribution in [0, 0.1) is 5.92 Å². The van der Waals surface area contributed by atoms with Crippen LogP contribution in [0.15, 0.2) is 83.9 Å². The molecule has 1 amide bonds. The van der Waals surface area contributed by atoms with E-state index in [1.54, 1.807) is 11.8 Å². The molecule has 0 unspecified atom stereocenters. The minimum atomic E-state index is -0.432. The summed E-state index contributed by atoms with van der Waals surface area (Å²) in [6, 6.07) is 26.0. The number of carbonyl (C=O) groups is 2. The fraction of sp³-hybridized carbons (Fsp3) is 0.364. The van der Waals surface area contributed by atoms with Crippen molar-refractivity contribution in [1.82, 2.24) is 15.5 Å². The van der Waals surface area contributed by atoms with Gasteiger partial charge >= 0.3 is 12.1 Å². The number of nitrogens with zero attached hydrogens (tertiary/aromatic N) is 2. The smallest absolute Gasteiger partial charge is 0.407 e. The van der Waals surface area contributed by atoms with Crippen LogP contribution in [0.25, 0.3) is 11.1 Å². The Morgan fingerprint density at radius 2 is 1.64 bits per heavy atom. The van der Waals surface area contributed by atoms with Gasteiger partial charge in [-0.2, -0.15) is 0 Å². The average Bonchev–Trinajstić information content (AvgIpc) is 3.34. The van der Waals surface area contributed by atoms with E-state index in [1.807, 2.05) is 59.5 Å². The summed E-state index contributed by atoms with van der Waals surface area (Å²) in [5.41, 5.74) is 5.86. The van der Waals surface area contributed by atoms with Gasteiger partial charge in [-0.1, -0.05) is 104 Å². The number of carbonyl (C=O) groups excluding carboxylic acids is 2. The highest BCUT2D eigenvalue weighted by molar-refractivity contribution is 8.13. The zero-order valence-electron chi connectivity index (χ0n) is 24.3. The highest BCUT2D eigenvalue weighted by atomic mass is 32.2. The second kappa shape index (κ2) is 13.9. The SMILES string of the molecule is COC(=O)[C@H](Cc1ccccc1)N1CN=C(SC[C@@H](NC(=O)OCC2c3ccccc3-c3ccccc32)C(C)C)NC1. The minimum Gasteiger partial charge on any atom is -0.468 e. The first-order chi connectivity index (χ1) is 20.4. The molecular formula is C33H38N4O4S. The van der Waals surface area contributed by atoms with Gasteiger partial charge in [0.15, 0.2) is 5.17 Å². The first-order valence-electron chi connectivity index (χ1n) is 14.3. The molecule has 0 saturated heterocycles. The van der Waals surface area contributed by atoms with Gasteiger partial charge in [-0.25, -0.2) is 9.79 Å². The number of ether oxygens (including phenoxy) is 2. The predicted molar refractivity (Wildman–Crippen MR) is 167 cm³/mol. The number of hydrogen-bond donors (Lipinski definition) is 2. The molecule has 2 atom stereocenters. The maximum absolute atomic E-state index is 12.9. The molecule has 0 aromatic heterocycles. The summed E-state index contributed by atoms with van der Waals surface area (Å²) in [7, 11) is 1.41. The van der Waals surface area contributed by atoms with Crippen molar-refractivity contribution in [2.24, 2.45) is 10.9 Å². The van der Waals surface area contributed by atoms with E-state index in [0.29, 0.717) is 25.5 Å². The molecular weight excluding hydrogens is 548 g/mol. The van der Waals surface area contributed by atoms with Crippen molar-refractivity contribution < 1.29 is 19.1 Å². The minimum absolute atomic E-state index is 0.0227. The van der Waals surface area contributed by atoms with Crippen LogP contribution in [0.5, 0.6) is 0 Å². The van der Waals surface area contributed by atoms with Crippen LogP contribution in [-0.4, -0.2) is 67.0 Å². The van der Waals surface area contributed by atoms with Gasteiger partial charge in [0.05, 0.1) is 20.4 Å². The van der Waals surface area contributed by atoms with Gasteiger partial charge in [0.25, 0.3) is 0 Å².